The Labute approximate surface area is 44.4 Å². The molecule has 0 aliphatic carbocycles. The van der Waals surface area contributed by atoms with Crippen LogP contribution in [0, 0.1) is 10.1 Å². The lowest BCUT2D eigenvalue weighted by molar-refractivity contribution is -0.711. The van der Waals surface area contributed by atoms with Gasteiger partial charge in [-0.15, -0.1) is 10.1 Å². The zero-order valence-electron chi connectivity index (χ0n) is 3.47. The first-order chi connectivity index (χ1) is 3.42. The summed E-state index contributed by atoms with van der Waals surface area (Å²) < 4.78 is 22.0. The van der Waals surface area contributed by atoms with Crippen LogP contribution in [0.1, 0.15) is 0 Å². The quantitative estimate of drug-likeness (QED) is 0.368. The Morgan fingerprint density at radius 3 is 2.00 bits per heavy atom. The van der Waals surface area contributed by atoms with Crippen LogP contribution in [0.3, 0.4) is 0 Å². The molecule has 0 atom stereocenters. The molecule has 2 N–H and O–H groups in total. The maximum absolute atomic E-state index is 9.56. The maximum atomic E-state index is 9.56. The summed E-state index contributed by atoms with van der Waals surface area (Å²) in [5.41, 5.74) is 0. The van der Waals surface area contributed by atoms with E-state index >= 15 is 0 Å². The molecule has 0 rings (SSSR count). The van der Waals surface area contributed by atoms with Gasteiger partial charge in [-0.1, -0.05) is 0 Å². The molecule has 48 valence electrons. The standard InChI is InChI=1S/H2N2O5S/c1-8(5,6)7-2(3)4/h(H2,1,5,6). The SMILES string of the molecule is NS(=O)(=O)O[N+](=O)[O-]. The summed E-state index contributed by atoms with van der Waals surface area (Å²) in [6, 6.07) is 0. The van der Waals surface area contributed by atoms with Crippen LogP contribution in [-0.2, 0) is 14.6 Å². The molecule has 0 unspecified atom stereocenters. The molecule has 0 saturated carbocycles. The monoisotopic (exact) mass is 142 g/mol. The van der Waals surface area contributed by atoms with Crippen molar-refractivity contribution in [3.8, 4) is 0 Å². The molecule has 0 aromatic heterocycles. The Kier molecular flexibility index (Phi) is 1.71. The van der Waals surface area contributed by atoms with Crippen LogP contribution in [0.25, 0.3) is 0 Å². The van der Waals surface area contributed by atoms with Gasteiger partial charge in [0, 0.05) is 0 Å². The molecule has 0 aromatic rings. The second kappa shape index (κ2) is 1.92. The molecule has 8 heavy (non-hydrogen) atoms. The molecule has 0 aliphatic rings. The van der Waals surface area contributed by atoms with Gasteiger partial charge in [-0.3, -0.25) is 0 Å². The molecule has 0 saturated heterocycles. The van der Waals surface area contributed by atoms with Crippen LogP contribution in [0.5, 0.6) is 0 Å². The Hall–Kier alpha value is -0.890. The summed E-state index contributed by atoms with van der Waals surface area (Å²) in [6.07, 6.45) is 0. The van der Waals surface area contributed by atoms with Crippen LogP contribution in [0.2, 0.25) is 0 Å². The fourth-order valence-corrected chi connectivity index (χ4v) is 0.254. The Bertz CT molecular complexity index is 177. The van der Waals surface area contributed by atoms with Crippen molar-refractivity contribution in [2.75, 3.05) is 0 Å². The fourth-order valence-electron chi connectivity index (χ4n) is 0.0848. The van der Waals surface area contributed by atoms with E-state index in [1.807, 2.05) is 0 Å². The van der Waals surface area contributed by atoms with Gasteiger partial charge in [0.25, 0.3) is 0 Å². The van der Waals surface area contributed by atoms with Gasteiger partial charge < -0.3 is 0 Å². The van der Waals surface area contributed by atoms with Crippen LogP contribution in [0.4, 0.5) is 0 Å². The van der Waals surface area contributed by atoms with Crippen molar-refractivity contribution < 1.29 is 17.8 Å². The number of hydrogen-bond acceptors (Lipinski definition) is 5. The molecule has 0 heterocycles. The molecule has 0 aromatic carbocycles. The third kappa shape index (κ3) is 5.11. The van der Waals surface area contributed by atoms with Gasteiger partial charge in [-0.25, -0.2) is 5.14 Å². The normalized spacial score (nSPS) is 10.6. The second-order valence-electron chi connectivity index (χ2n) is 0.791. The van der Waals surface area contributed by atoms with E-state index in [0.717, 1.165) is 0 Å². The summed E-state index contributed by atoms with van der Waals surface area (Å²) in [7, 11) is -4.42. The van der Waals surface area contributed by atoms with Crippen molar-refractivity contribution in [1.29, 1.82) is 0 Å². The molecule has 0 amide bonds. The molecule has 0 bridgehead atoms. The largest absolute Gasteiger partial charge is 0.368 e. The summed E-state index contributed by atoms with van der Waals surface area (Å²) in [5, 5.41) is 11.7. The predicted octanol–water partition coefficient (Wildman–Crippen LogP) is -1.60. The highest BCUT2D eigenvalue weighted by molar-refractivity contribution is 7.84. The van der Waals surface area contributed by atoms with Crippen LogP contribution >= 0.6 is 0 Å². The van der Waals surface area contributed by atoms with E-state index in [2.05, 4.69) is 9.42 Å². The van der Waals surface area contributed by atoms with Gasteiger partial charge in [0.2, 0.25) is 0 Å². The lowest BCUT2D eigenvalue weighted by Gasteiger charge is -1.87. The van der Waals surface area contributed by atoms with Crippen molar-refractivity contribution in [3.05, 3.63) is 10.1 Å². The third-order valence-corrected chi connectivity index (χ3v) is 0.494. The molecule has 8 heteroatoms. The van der Waals surface area contributed by atoms with Crippen LogP contribution in [-0.4, -0.2) is 13.5 Å². The molecular weight excluding hydrogens is 140 g/mol. The third-order valence-electron chi connectivity index (χ3n) is 0.165. The maximum Gasteiger partial charge on any atom is 0.368 e. The van der Waals surface area contributed by atoms with E-state index in [1.54, 1.807) is 0 Å². The molecule has 0 aliphatic heterocycles. The average Bonchev–Trinajstić information content (AvgIpc) is 1.21. The lowest BCUT2D eigenvalue weighted by atomic mass is 13.1. The van der Waals surface area contributed by atoms with Crippen LogP contribution in [0.15, 0.2) is 0 Å². The summed E-state index contributed by atoms with van der Waals surface area (Å²) in [5.74, 6) is 0. The van der Waals surface area contributed by atoms with Crippen molar-refractivity contribution >= 4 is 10.3 Å². The van der Waals surface area contributed by atoms with Gasteiger partial charge in [-0.05, 0) is 0 Å². The molecule has 0 spiro atoms. The summed E-state index contributed by atoms with van der Waals surface area (Å²) in [6.45, 7) is 0. The minimum Gasteiger partial charge on any atom is -0.207 e. The highest BCUT2D eigenvalue weighted by Crippen LogP contribution is 1.78. The number of rotatable bonds is 2. The Balaban J connectivity index is 3.95. The van der Waals surface area contributed by atoms with E-state index in [4.69, 9.17) is 10.1 Å². The minimum atomic E-state index is -4.42. The number of nitrogens with two attached hydrogens (primary N) is 1. The highest BCUT2D eigenvalue weighted by Gasteiger charge is 2.05. The summed E-state index contributed by atoms with van der Waals surface area (Å²) in [4.78, 5) is 9.14. The first-order valence-electron chi connectivity index (χ1n) is 1.28. The molecular formula is H2N2O5S. The van der Waals surface area contributed by atoms with Crippen molar-refractivity contribution in [2.24, 2.45) is 5.14 Å². The average molecular weight is 142 g/mol. The van der Waals surface area contributed by atoms with Crippen molar-refractivity contribution in [1.82, 2.24) is 0 Å². The Morgan fingerprint density at radius 1 is 1.62 bits per heavy atom. The lowest BCUT2D eigenvalue weighted by Crippen LogP contribution is -2.19. The minimum absolute atomic E-state index is 1.50. The van der Waals surface area contributed by atoms with E-state index in [9.17, 15) is 8.42 Å². The van der Waals surface area contributed by atoms with Gasteiger partial charge >= 0.3 is 15.4 Å². The Morgan fingerprint density at radius 2 is 2.00 bits per heavy atom. The van der Waals surface area contributed by atoms with Gasteiger partial charge in [0.15, 0.2) is 0 Å². The van der Waals surface area contributed by atoms with Crippen molar-refractivity contribution in [3.63, 3.8) is 0 Å². The first-order valence-corrected chi connectivity index (χ1v) is 2.75. The van der Waals surface area contributed by atoms with Gasteiger partial charge in [0.05, 0.1) is 0 Å². The van der Waals surface area contributed by atoms with E-state index in [0.29, 0.717) is 0 Å². The highest BCUT2D eigenvalue weighted by atomic mass is 32.2. The van der Waals surface area contributed by atoms with E-state index in [-0.39, 0.29) is 0 Å². The van der Waals surface area contributed by atoms with Gasteiger partial charge in [-0.2, -0.15) is 12.7 Å². The van der Waals surface area contributed by atoms with Crippen molar-refractivity contribution in [2.45, 2.75) is 0 Å². The van der Waals surface area contributed by atoms with E-state index in [1.165, 1.54) is 0 Å². The molecule has 7 nitrogen and oxygen atoms in total. The number of nitrogens with zero attached hydrogens (tertiary/aromatic N) is 1. The topological polar surface area (TPSA) is 113 Å². The first kappa shape index (κ1) is 7.11. The predicted molar refractivity (Wildman–Crippen MR) is 21.2 cm³/mol. The second-order valence-corrected chi connectivity index (χ2v) is 1.93. The zero-order valence-corrected chi connectivity index (χ0v) is 4.29. The van der Waals surface area contributed by atoms with Crippen LogP contribution < -0.4 is 5.14 Å². The van der Waals surface area contributed by atoms with Gasteiger partial charge in [0.1, 0.15) is 0 Å². The zero-order chi connectivity index (χ0) is 6.78. The van der Waals surface area contributed by atoms with E-state index < -0.39 is 15.4 Å². The molecule has 0 radical (unpaired) electrons. The molecule has 0 fully saturated rings. The smallest absolute Gasteiger partial charge is 0.207 e. The summed E-state index contributed by atoms with van der Waals surface area (Å²) >= 11 is 0. The number of hydrogen-bond donors (Lipinski definition) is 1. The fraction of sp³-hybridized carbons (Fsp3) is 0.